The topological polar surface area (TPSA) is 50.2 Å². The Labute approximate surface area is 119 Å². The van der Waals surface area contributed by atoms with Gasteiger partial charge in [0.1, 0.15) is 0 Å². The maximum Gasteiger partial charge on any atom is 0.337 e. The summed E-state index contributed by atoms with van der Waals surface area (Å²) in [6.45, 7) is 8.32. The number of carbonyl (C=O) groups is 1. The quantitative estimate of drug-likeness (QED) is 0.894. The molecule has 3 nitrogen and oxygen atoms in total. The van der Waals surface area contributed by atoms with Gasteiger partial charge in [-0.1, -0.05) is 45.0 Å². The fourth-order valence-corrected chi connectivity index (χ4v) is 2.12. The molecule has 0 atom stereocenters. The van der Waals surface area contributed by atoms with Crippen LogP contribution in [-0.4, -0.2) is 16.1 Å². The number of hydrogen-bond donors (Lipinski definition) is 1. The Hall–Kier alpha value is -2.16. The van der Waals surface area contributed by atoms with Crippen LogP contribution in [0.3, 0.4) is 0 Å². The lowest BCUT2D eigenvalue weighted by atomic mass is 9.86. The average molecular weight is 269 g/mol. The molecule has 1 heterocycles. The number of aryl methyl sites for hydroxylation is 1. The standard InChI is InChI=1S/C17H19NO2/c1-11-9-14(15(10-18-11)16(19)20)12-5-7-13(8-6-12)17(2,3)4/h5-10H,1-4H3,(H,19,20). The molecule has 20 heavy (non-hydrogen) atoms. The zero-order chi connectivity index (χ0) is 14.9. The van der Waals surface area contributed by atoms with Gasteiger partial charge < -0.3 is 5.11 Å². The van der Waals surface area contributed by atoms with Crippen LogP contribution >= 0.6 is 0 Å². The maximum absolute atomic E-state index is 11.3. The van der Waals surface area contributed by atoms with Crippen LogP contribution in [0.2, 0.25) is 0 Å². The minimum atomic E-state index is -0.951. The smallest absolute Gasteiger partial charge is 0.337 e. The van der Waals surface area contributed by atoms with E-state index in [1.807, 2.05) is 25.1 Å². The minimum absolute atomic E-state index is 0.0856. The molecule has 0 amide bonds. The van der Waals surface area contributed by atoms with Crippen LogP contribution < -0.4 is 0 Å². The summed E-state index contributed by atoms with van der Waals surface area (Å²) in [5.74, 6) is -0.951. The van der Waals surface area contributed by atoms with Gasteiger partial charge in [-0.25, -0.2) is 4.79 Å². The number of aromatic nitrogens is 1. The first kappa shape index (κ1) is 14.3. The van der Waals surface area contributed by atoms with Gasteiger partial charge in [0.25, 0.3) is 0 Å². The first-order chi connectivity index (χ1) is 9.29. The summed E-state index contributed by atoms with van der Waals surface area (Å²) in [5.41, 5.74) is 3.97. The monoisotopic (exact) mass is 269 g/mol. The van der Waals surface area contributed by atoms with Crippen molar-refractivity contribution >= 4 is 5.97 Å². The predicted octanol–water partition coefficient (Wildman–Crippen LogP) is 4.05. The molecule has 1 aromatic carbocycles. The molecule has 0 aliphatic heterocycles. The molecule has 3 heteroatoms. The molecule has 0 spiro atoms. The molecule has 0 fully saturated rings. The number of benzene rings is 1. The highest BCUT2D eigenvalue weighted by molar-refractivity contribution is 5.95. The van der Waals surface area contributed by atoms with E-state index in [1.54, 1.807) is 0 Å². The van der Waals surface area contributed by atoms with Gasteiger partial charge in [0.2, 0.25) is 0 Å². The molecule has 0 saturated carbocycles. The van der Waals surface area contributed by atoms with E-state index in [4.69, 9.17) is 0 Å². The highest BCUT2D eigenvalue weighted by atomic mass is 16.4. The molecule has 104 valence electrons. The molecule has 0 unspecified atom stereocenters. The van der Waals surface area contributed by atoms with Crippen molar-refractivity contribution in [2.45, 2.75) is 33.1 Å². The van der Waals surface area contributed by atoms with Gasteiger partial charge in [-0.15, -0.1) is 0 Å². The van der Waals surface area contributed by atoms with E-state index in [0.29, 0.717) is 5.56 Å². The lowest BCUT2D eigenvalue weighted by molar-refractivity contribution is 0.0697. The Balaban J connectivity index is 2.52. The number of rotatable bonds is 2. The Morgan fingerprint density at radius 1 is 1.15 bits per heavy atom. The summed E-state index contributed by atoms with van der Waals surface area (Å²) < 4.78 is 0. The van der Waals surface area contributed by atoms with Crippen molar-refractivity contribution in [3.63, 3.8) is 0 Å². The lowest BCUT2D eigenvalue weighted by Gasteiger charge is -2.19. The van der Waals surface area contributed by atoms with E-state index < -0.39 is 5.97 Å². The molecule has 2 rings (SSSR count). The van der Waals surface area contributed by atoms with E-state index in [-0.39, 0.29) is 11.0 Å². The molecule has 0 aliphatic carbocycles. The Morgan fingerprint density at radius 3 is 2.25 bits per heavy atom. The zero-order valence-corrected chi connectivity index (χ0v) is 12.3. The van der Waals surface area contributed by atoms with Crippen LogP contribution in [0.1, 0.15) is 42.4 Å². The van der Waals surface area contributed by atoms with Crippen LogP contribution in [0, 0.1) is 6.92 Å². The van der Waals surface area contributed by atoms with Crippen molar-refractivity contribution in [3.05, 3.63) is 53.3 Å². The summed E-state index contributed by atoms with van der Waals surface area (Å²) >= 11 is 0. The Bertz CT molecular complexity index is 637. The van der Waals surface area contributed by atoms with Gasteiger partial charge in [0, 0.05) is 11.9 Å². The van der Waals surface area contributed by atoms with Gasteiger partial charge in [-0.05, 0) is 35.1 Å². The number of pyridine rings is 1. The summed E-state index contributed by atoms with van der Waals surface area (Å²) in [4.78, 5) is 15.4. The lowest BCUT2D eigenvalue weighted by Crippen LogP contribution is -2.10. The molecule has 2 aromatic rings. The van der Waals surface area contributed by atoms with Crippen LogP contribution in [0.15, 0.2) is 36.5 Å². The zero-order valence-electron chi connectivity index (χ0n) is 12.3. The first-order valence-corrected chi connectivity index (χ1v) is 6.60. The molecule has 0 radical (unpaired) electrons. The highest BCUT2D eigenvalue weighted by Crippen LogP contribution is 2.28. The summed E-state index contributed by atoms with van der Waals surface area (Å²) in [6.07, 6.45) is 1.42. The van der Waals surface area contributed by atoms with Gasteiger partial charge in [0.05, 0.1) is 5.56 Å². The third kappa shape index (κ3) is 2.87. The van der Waals surface area contributed by atoms with Crippen LogP contribution in [-0.2, 0) is 5.41 Å². The van der Waals surface area contributed by atoms with Gasteiger partial charge in [-0.3, -0.25) is 4.98 Å². The van der Waals surface area contributed by atoms with E-state index in [0.717, 1.165) is 11.3 Å². The van der Waals surface area contributed by atoms with Gasteiger partial charge >= 0.3 is 5.97 Å². The van der Waals surface area contributed by atoms with E-state index in [1.165, 1.54) is 11.8 Å². The molecule has 1 N–H and O–H groups in total. The van der Waals surface area contributed by atoms with Gasteiger partial charge in [-0.2, -0.15) is 0 Å². The van der Waals surface area contributed by atoms with Crippen molar-refractivity contribution in [2.75, 3.05) is 0 Å². The van der Waals surface area contributed by atoms with E-state index in [2.05, 4.69) is 37.9 Å². The van der Waals surface area contributed by atoms with Crippen molar-refractivity contribution in [1.29, 1.82) is 0 Å². The average Bonchev–Trinajstić information content (AvgIpc) is 2.37. The molecule has 0 bridgehead atoms. The largest absolute Gasteiger partial charge is 0.478 e. The second kappa shape index (κ2) is 5.08. The summed E-state index contributed by atoms with van der Waals surface area (Å²) in [6, 6.07) is 9.87. The van der Waals surface area contributed by atoms with Gasteiger partial charge in [0.15, 0.2) is 0 Å². The minimum Gasteiger partial charge on any atom is -0.478 e. The van der Waals surface area contributed by atoms with Crippen molar-refractivity contribution < 1.29 is 9.90 Å². The number of carboxylic acid groups (broad SMARTS) is 1. The Kier molecular flexibility index (Phi) is 3.62. The van der Waals surface area contributed by atoms with Crippen LogP contribution in [0.5, 0.6) is 0 Å². The fraction of sp³-hybridized carbons (Fsp3) is 0.294. The highest BCUT2D eigenvalue weighted by Gasteiger charge is 2.15. The summed E-state index contributed by atoms with van der Waals surface area (Å²) in [5, 5.41) is 9.26. The maximum atomic E-state index is 11.3. The number of nitrogens with zero attached hydrogens (tertiary/aromatic N) is 1. The summed E-state index contributed by atoms with van der Waals surface area (Å²) in [7, 11) is 0. The molecule has 0 saturated heterocycles. The number of carboxylic acids is 1. The number of aromatic carboxylic acids is 1. The molecule has 1 aromatic heterocycles. The SMILES string of the molecule is Cc1cc(-c2ccc(C(C)(C)C)cc2)c(C(=O)O)cn1. The Morgan fingerprint density at radius 2 is 1.75 bits per heavy atom. The van der Waals surface area contributed by atoms with Crippen molar-refractivity contribution in [3.8, 4) is 11.1 Å². The van der Waals surface area contributed by atoms with Crippen LogP contribution in [0.25, 0.3) is 11.1 Å². The van der Waals surface area contributed by atoms with E-state index >= 15 is 0 Å². The molecular formula is C17H19NO2. The third-order valence-corrected chi connectivity index (χ3v) is 3.33. The molecule has 0 aliphatic rings. The van der Waals surface area contributed by atoms with Crippen molar-refractivity contribution in [2.24, 2.45) is 0 Å². The van der Waals surface area contributed by atoms with E-state index in [9.17, 15) is 9.90 Å². The third-order valence-electron chi connectivity index (χ3n) is 3.33. The normalized spacial score (nSPS) is 11.4. The van der Waals surface area contributed by atoms with Crippen molar-refractivity contribution in [1.82, 2.24) is 4.98 Å². The fourth-order valence-electron chi connectivity index (χ4n) is 2.12. The van der Waals surface area contributed by atoms with Crippen LogP contribution in [0.4, 0.5) is 0 Å². The number of hydrogen-bond acceptors (Lipinski definition) is 2. The predicted molar refractivity (Wildman–Crippen MR) is 80.1 cm³/mol. The molecular weight excluding hydrogens is 250 g/mol. The first-order valence-electron chi connectivity index (χ1n) is 6.60. The second-order valence-corrected chi connectivity index (χ2v) is 6.00. The second-order valence-electron chi connectivity index (χ2n) is 6.00.